The molecule has 0 saturated heterocycles. The highest BCUT2D eigenvalue weighted by Crippen LogP contribution is 2.29. The molecule has 0 saturated carbocycles. The second kappa shape index (κ2) is 6.97. The van der Waals surface area contributed by atoms with Gasteiger partial charge in [0.2, 0.25) is 0 Å². The largest absolute Gasteiger partial charge is 0.496 e. The summed E-state index contributed by atoms with van der Waals surface area (Å²) < 4.78 is 5.45. The maximum atomic E-state index is 6.13. The van der Waals surface area contributed by atoms with E-state index >= 15 is 0 Å². The second-order valence-corrected chi connectivity index (χ2v) is 5.73. The Hall–Kier alpha value is -1.51. The number of hydrogen-bond donors (Lipinski definition) is 1. The lowest BCUT2D eigenvalue weighted by molar-refractivity contribution is 0.406. The number of hydrogen-bond acceptors (Lipinski definition) is 2. The third-order valence-corrected chi connectivity index (χ3v) is 4.27. The Bertz CT molecular complexity index is 625. The van der Waals surface area contributed by atoms with Crippen molar-refractivity contribution in [2.24, 2.45) is 0 Å². The smallest absolute Gasteiger partial charge is 0.122 e. The van der Waals surface area contributed by atoms with E-state index in [1.54, 1.807) is 7.11 Å². The quantitative estimate of drug-likeness (QED) is 0.880. The molecular weight excluding hydrogens is 282 g/mol. The highest BCUT2D eigenvalue weighted by Gasteiger charge is 2.16. The van der Waals surface area contributed by atoms with Crippen LogP contribution in [0.25, 0.3) is 0 Å². The van der Waals surface area contributed by atoms with E-state index in [1.807, 2.05) is 25.2 Å². The first-order valence-corrected chi connectivity index (χ1v) is 7.50. The summed E-state index contributed by atoms with van der Waals surface area (Å²) in [7, 11) is 3.68. The monoisotopic (exact) mass is 303 g/mol. The highest BCUT2D eigenvalue weighted by molar-refractivity contribution is 6.30. The Morgan fingerprint density at radius 2 is 1.95 bits per heavy atom. The van der Waals surface area contributed by atoms with Gasteiger partial charge in [-0.2, -0.15) is 0 Å². The van der Waals surface area contributed by atoms with Crippen molar-refractivity contribution in [1.82, 2.24) is 5.32 Å². The van der Waals surface area contributed by atoms with Gasteiger partial charge in [-0.15, -0.1) is 0 Å². The van der Waals surface area contributed by atoms with Crippen LogP contribution in [0.5, 0.6) is 5.75 Å². The molecule has 21 heavy (non-hydrogen) atoms. The standard InChI is InChI=1S/C18H22ClNO/c1-12-6-5-7-16(13(12)2)17(20-3)11-14-10-15(19)8-9-18(14)21-4/h5-10,17,20H,11H2,1-4H3. The van der Waals surface area contributed by atoms with Crippen LogP contribution in [0, 0.1) is 13.8 Å². The molecule has 2 nitrogen and oxygen atoms in total. The fraction of sp³-hybridized carbons (Fsp3) is 0.333. The van der Waals surface area contributed by atoms with Crippen molar-refractivity contribution in [2.75, 3.05) is 14.2 Å². The van der Waals surface area contributed by atoms with Crippen molar-refractivity contribution in [3.63, 3.8) is 0 Å². The molecule has 1 unspecified atom stereocenters. The molecule has 2 aromatic carbocycles. The molecule has 0 aliphatic heterocycles. The molecule has 0 heterocycles. The molecule has 0 amide bonds. The minimum absolute atomic E-state index is 0.234. The lowest BCUT2D eigenvalue weighted by atomic mass is 9.93. The Morgan fingerprint density at radius 3 is 2.62 bits per heavy atom. The fourth-order valence-electron chi connectivity index (χ4n) is 2.65. The topological polar surface area (TPSA) is 21.3 Å². The number of ether oxygens (including phenoxy) is 1. The first-order chi connectivity index (χ1) is 10.1. The summed E-state index contributed by atoms with van der Waals surface area (Å²) in [6, 6.07) is 12.4. The average Bonchev–Trinajstić information content (AvgIpc) is 2.48. The molecule has 0 aromatic heterocycles. The molecule has 2 aromatic rings. The van der Waals surface area contributed by atoms with Gasteiger partial charge in [-0.05, 0) is 67.8 Å². The molecule has 3 heteroatoms. The number of likely N-dealkylation sites (N-methyl/N-ethyl adjacent to an activating group) is 1. The van der Waals surface area contributed by atoms with Crippen LogP contribution < -0.4 is 10.1 Å². The van der Waals surface area contributed by atoms with Crippen molar-refractivity contribution in [2.45, 2.75) is 26.3 Å². The predicted molar refractivity (Wildman–Crippen MR) is 89.4 cm³/mol. The molecular formula is C18H22ClNO. The average molecular weight is 304 g/mol. The Labute approximate surface area is 132 Å². The first-order valence-electron chi connectivity index (χ1n) is 7.12. The van der Waals surface area contributed by atoms with E-state index < -0.39 is 0 Å². The van der Waals surface area contributed by atoms with E-state index in [4.69, 9.17) is 16.3 Å². The van der Waals surface area contributed by atoms with Gasteiger partial charge in [0.05, 0.1) is 7.11 Å². The van der Waals surface area contributed by atoms with Crippen molar-refractivity contribution in [3.8, 4) is 5.75 Å². The van der Waals surface area contributed by atoms with Crippen molar-refractivity contribution in [3.05, 3.63) is 63.7 Å². The number of aryl methyl sites for hydroxylation is 1. The zero-order chi connectivity index (χ0) is 15.4. The molecule has 1 atom stereocenters. The summed E-state index contributed by atoms with van der Waals surface area (Å²) in [5, 5.41) is 4.14. The van der Waals surface area contributed by atoms with Crippen LogP contribution >= 0.6 is 11.6 Å². The molecule has 1 N–H and O–H groups in total. The summed E-state index contributed by atoms with van der Waals surface area (Å²) in [5.74, 6) is 0.880. The molecule has 0 fully saturated rings. The molecule has 0 spiro atoms. The second-order valence-electron chi connectivity index (χ2n) is 5.29. The zero-order valence-electron chi connectivity index (χ0n) is 13.0. The van der Waals surface area contributed by atoms with E-state index in [9.17, 15) is 0 Å². The van der Waals surface area contributed by atoms with E-state index in [0.29, 0.717) is 0 Å². The number of halogens is 1. The molecule has 112 valence electrons. The summed E-state index contributed by atoms with van der Waals surface area (Å²) in [4.78, 5) is 0. The summed E-state index contributed by atoms with van der Waals surface area (Å²) in [5.41, 5.74) is 5.08. The molecule has 2 rings (SSSR count). The minimum atomic E-state index is 0.234. The van der Waals surface area contributed by atoms with Crippen molar-refractivity contribution >= 4 is 11.6 Å². The summed E-state index contributed by atoms with van der Waals surface area (Å²) in [6.45, 7) is 4.32. The lowest BCUT2D eigenvalue weighted by Gasteiger charge is -2.21. The SMILES string of the molecule is CNC(Cc1cc(Cl)ccc1OC)c1cccc(C)c1C. The van der Waals surface area contributed by atoms with Gasteiger partial charge in [0.15, 0.2) is 0 Å². The Balaban J connectivity index is 2.35. The maximum Gasteiger partial charge on any atom is 0.122 e. The van der Waals surface area contributed by atoms with Crippen LogP contribution in [-0.4, -0.2) is 14.2 Å². The lowest BCUT2D eigenvalue weighted by Crippen LogP contribution is -2.20. The van der Waals surface area contributed by atoms with Gasteiger partial charge in [-0.3, -0.25) is 0 Å². The predicted octanol–water partition coefficient (Wildman–Crippen LogP) is 4.47. The van der Waals surface area contributed by atoms with Crippen LogP contribution in [0.4, 0.5) is 0 Å². The van der Waals surface area contributed by atoms with Crippen LogP contribution in [-0.2, 0) is 6.42 Å². The van der Waals surface area contributed by atoms with Crippen molar-refractivity contribution < 1.29 is 4.74 Å². The third kappa shape index (κ3) is 3.58. The van der Waals surface area contributed by atoms with Crippen LogP contribution in [0.1, 0.15) is 28.3 Å². The normalized spacial score (nSPS) is 12.2. The van der Waals surface area contributed by atoms with E-state index in [-0.39, 0.29) is 6.04 Å². The van der Waals surface area contributed by atoms with Gasteiger partial charge in [0.1, 0.15) is 5.75 Å². The summed E-state index contributed by atoms with van der Waals surface area (Å²) >= 11 is 6.13. The van der Waals surface area contributed by atoms with Gasteiger partial charge in [-0.25, -0.2) is 0 Å². The molecule has 0 bridgehead atoms. The van der Waals surface area contributed by atoms with E-state index in [0.717, 1.165) is 22.8 Å². The van der Waals surface area contributed by atoms with Crippen molar-refractivity contribution in [1.29, 1.82) is 0 Å². The summed E-state index contributed by atoms with van der Waals surface area (Å²) in [6.07, 6.45) is 0.838. The maximum absolute atomic E-state index is 6.13. The molecule has 0 aliphatic carbocycles. The minimum Gasteiger partial charge on any atom is -0.496 e. The fourth-order valence-corrected chi connectivity index (χ4v) is 2.84. The Morgan fingerprint density at radius 1 is 1.19 bits per heavy atom. The van der Waals surface area contributed by atoms with Gasteiger partial charge in [-0.1, -0.05) is 29.8 Å². The molecule has 0 radical (unpaired) electrons. The van der Waals surface area contributed by atoms with Crippen LogP contribution in [0.3, 0.4) is 0 Å². The van der Waals surface area contributed by atoms with Gasteiger partial charge in [0, 0.05) is 11.1 Å². The number of nitrogens with one attached hydrogen (secondary N) is 1. The number of rotatable bonds is 5. The Kier molecular flexibility index (Phi) is 5.27. The van der Waals surface area contributed by atoms with Crippen LogP contribution in [0.15, 0.2) is 36.4 Å². The van der Waals surface area contributed by atoms with Gasteiger partial charge >= 0.3 is 0 Å². The van der Waals surface area contributed by atoms with Gasteiger partial charge < -0.3 is 10.1 Å². The zero-order valence-corrected chi connectivity index (χ0v) is 13.8. The third-order valence-electron chi connectivity index (χ3n) is 4.04. The van der Waals surface area contributed by atoms with Crippen LogP contribution in [0.2, 0.25) is 5.02 Å². The number of methoxy groups -OCH3 is 1. The van der Waals surface area contributed by atoms with Gasteiger partial charge in [0.25, 0.3) is 0 Å². The van der Waals surface area contributed by atoms with E-state index in [1.165, 1.54) is 16.7 Å². The molecule has 0 aliphatic rings. The first kappa shape index (κ1) is 15.9. The van der Waals surface area contributed by atoms with E-state index in [2.05, 4.69) is 37.4 Å². The number of benzene rings is 2. The highest BCUT2D eigenvalue weighted by atomic mass is 35.5.